The van der Waals surface area contributed by atoms with E-state index in [0.717, 1.165) is 49.6 Å². The summed E-state index contributed by atoms with van der Waals surface area (Å²) < 4.78 is 7.56. The third kappa shape index (κ3) is 3.25. The van der Waals surface area contributed by atoms with Crippen molar-refractivity contribution < 1.29 is 14.0 Å². The number of hydrogen-bond acceptors (Lipinski definition) is 3. The molecular formula is C24H33N3O3. The average Bonchev–Trinajstić information content (AvgIpc) is 3.24. The zero-order valence-electron chi connectivity index (χ0n) is 18.0. The van der Waals surface area contributed by atoms with Crippen LogP contribution in [0.1, 0.15) is 88.0 Å². The molecule has 2 saturated carbocycles. The Labute approximate surface area is 178 Å². The number of furan rings is 1. The summed E-state index contributed by atoms with van der Waals surface area (Å²) >= 11 is 0. The maximum absolute atomic E-state index is 13.8. The number of fused-ring (bicyclic) bond motifs is 3. The zero-order valence-corrected chi connectivity index (χ0v) is 18.0. The number of nitrogens with one attached hydrogen (secondary N) is 1. The molecule has 1 N–H and O–H groups in total. The fourth-order valence-electron chi connectivity index (χ4n) is 5.91. The molecule has 0 radical (unpaired) electrons. The van der Waals surface area contributed by atoms with Gasteiger partial charge in [-0.1, -0.05) is 44.9 Å². The Morgan fingerprint density at radius 3 is 2.47 bits per heavy atom. The molecule has 30 heavy (non-hydrogen) atoms. The molecule has 0 spiro atoms. The predicted molar refractivity (Wildman–Crippen MR) is 115 cm³/mol. The van der Waals surface area contributed by atoms with E-state index in [9.17, 15) is 9.59 Å². The van der Waals surface area contributed by atoms with E-state index in [0.29, 0.717) is 12.2 Å². The largest absolute Gasteiger partial charge is 0.463 e. The van der Waals surface area contributed by atoms with E-state index in [-0.39, 0.29) is 23.9 Å². The van der Waals surface area contributed by atoms with Crippen molar-refractivity contribution in [2.75, 3.05) is 0 Å². The van der Waals surface area contributed by atoms with Crippen LogP contribution in [0.2, 0.25) is 0 Å². The maximum atomic E-state index is 13.8. The SMILES string of the molecule is CC1(C(=O)NC2CCCCCC2)Cn2c(cc3occc32)C(=O)N1C1CCCCC1. The van der Waals surface area contributed by atoms with Crippen molar-refractivity contribution in [3.05, 3.63) is 24.1 Å². The number of rotatable bonds is 3. The van der Waals surface area contributed by atoms with Gasteiger partial charge in [-0.05, 0) is 32.6 Å². The van der Waals surface area contributed by atoms with Crippen LogP contribution in [-0.2, 0) is 11.3 Å². The molecule has 0 bridgehead atoms. The molecule has 162 valence electrons. The fourth-order valence-corrected chi connectivity index (χ4v) is 5.91. The lowest BCUT2D eigenvalue weighted by Gasteiger charge is -2.49. The molecule has 6 nitrogen and oxygen atoms in total. The molecule has 2 aromatic heterocycles. The number of carbonyl (C=O) groups excluding carboxylic acids is 2. The minimum Gasteiger partial charge on any atom is -0.463 e. The van der Waals surface area contributed by atoms with Gasteiger partial charge in [0.2, 0.25) is 5.91 Å². The van der Waals surface area contributed by atoms with Gasteiger partial charge >= 0.3 is 0 Å². The van der Waals surface area contributed by atoms with Crippen LogP contribution >= 0.6 is 0 Å². The van der Waals surface area contributed by atoms with Gasteiger partial charge < -0.3 is 19.2 Å². The van der Waals surface area contributed by atoms with Crippen LogP contribution in [0.4, 0.5) is 0 Å². The highest BCUT2D eigenvalue weighted by molar-refractivity contribution is 6.03. The molecule has 3 heterocycles. The molecule has 6 heteroatoms. The van der Waals surface area contributed by atoms with Gasteiger partial charge in [-0.2, -0.15) is 0 Å². The van der Waals surface area contributed by atoms with Crippen LogP contribution in [0.5, 0.6) is 0 Å². The molecule has 2 fully saturated rings. The summed E-state index contributed by atoms with van der Waals surface area (Å²) in [6.45, 7) is 2.45. The van der Waals surface area contributed by atoms with E-state index in [1.54, 1.807) is 6.26 Å². The summed E-state index contributed by atoms with van der Waals surface area (Å²) in [4.78, 5) is 29.4. The van der Waals surface area contributed by atoms with Gasteiger partial charge in [0.05, 0.1) is 18.3 Å². The van der Waals surface area contributed by atoms with Crippen molar-refractivity contribution in [2.45, 2.75) is 102 Å². The molecule has 2 aromatic rings. The molecule has 1 atom stereocenters. The van der Waals surface area contributed by atoms with Crippen molar-refractivity contribution in [1.82, 2.24) is 14.8 Å². The Balaban J connectivity index is 1.51. The molecular weight excluding hydrogens is 378 g/mol. The van der Waals surface area contributed by atoms with Crippen LogP contribution in [0.25, 0.3) is 11.1 Å². The van der Waals surface area contributed by atoms with E-state index in [1.165, 1.54) is 32.1 Å². The van der Waals surface area contributed by atoms with Crippen LogP contribution in [0.3, 0.4) is 0 Å². The second-order valence-corrected chi connectivity index (χ2v) is 9.69. The molecule has 3 aliphatic rings. The Kier molecular flexibility index (Phi) is 5.11. The number of carbonyl (C=O) groups is 2. The molecule has 0 saturated heterocycles. The van der Waals surface area contributed by atoms with Crippen molar-refractivity contribution in [2.24, 2.45) is 0 Å². The molecule has 0 aromatic carbocycles. The third-order valence-corrected chi connectivity index (χ3v) is 7.58. The molecule has 5 rings (SSSR count). The van der Waals surface area contributed by atoms with Crippen molar-refractivity contribution in [3.63, 3.8) is 0 Å². The lowest BCUT2D eigenvalue weighted by molar-refractivity contribution is -0.135. The second-order valence-electron chi connectivity index (χ2n) is 9.69. The molecule has 1 unspecified atom stereocenters. The highest BCUT2D eigenvalue weighted by Gasteiger charge is 2.51. The van der Waals surface area contributed by atoms with E-state index in [1.807, 2.05) is 28.5 Å². The first-order valence-electron chi connectivity index (χ1n) is 11.8. The first kappa shape index (κ1) is 19.7. The van der Waals surface area contributed by atoms with Gasteiger partial charge in [-0.15, -0.1) is 0 Å². The van der Waals surface area contributed by atoms with E-state index >= 15 is 0 Å². The van der Waals surface area contributed by atoms with E-state index in [4.69, 9.17) is 4.42 Å². The fraction of sp³-hybridized carbons (Fsp3) is 0.667. The van der Waals surface area contributed by atoms with Gasteiger partial charge in [-0.25, -0.2) is 0 Å². The molecule has 2 aliphatic carbocycles. The third-order valence-electron chi connectivity index (χ3n) is 7.58. The summed E-state index contributed by atoms with van der Waals surface area (Å²) in [6, 6.07) is 4.09. The van der Waals surface area contributed by atoms with Gasteiger partial charge in [0.25, 0.3) is 5.91 Å². The van der Waals surface area contributed by atoms with Crippen LogP contribution in [-0.4, -0.2) is 38.9 Å². The quantitative estimate of drug-likeness (QED) is 0.750. The van der Waals surface area contributed by atoms with Gasteiger partial charge in [0, 0.05) is 24.2 Å². The predicted octanol–water partition coefficient (Wildman–Crippen LogP) is 4.62. The topological polar surface area (TPSA) is 67.5 Å². The number of aromatic nitrogens is 1. The number of nitrogens with zero attached hydrogens (tertiary/aromatic N) is 2. The van der Waals surface area contributed by atoms with Gasteiger partial charge in [-0.3, -0.25) is 9.59 Å². The Bertz CT molecular complexity index is 931. The normalized spacial score (nSPS) is 26.6. The van der Waals surface area contributed by atoms with Crippen molar-refractivity contribution in [3.8, 4) is 0 Å². The summed E-state index contributed by atoms with van der Waals surface area (Å²) in [5, 5.41) is 3.35. The first-order chi connectivity index (χ1) is 14.6. The molecule has 2 amide bonds. The average molecular weight is 412 g/mol. The minimum atomic E-state index is -0.887. The molecule has 1 aliphatic heterocycles. The van der Waals surface area contributed by atoms with Crippen molar-refractivity contribution in [1.29, 1.82) is 0 Å². The smallest absolute Gasteiger partial charge is 0.271 e. The number of amides is 2. The maximum Gasteiger partial charge on any atom is 0.271 e. The zero-order chi connectivity index (χ0) is 20.7. The summed E-state index contributed by atoms with van der Waals surface area (Å²) in [7, 11) is 0. The summed E-state index contributed by atoms with van der Waals surface area (Å²) in [6.07, 6.45) is 14.0. The second kappa shape index (κ2) is 7.78. The lowest BCUT2D eigenvalue weighted by Crippen LogP contribution is -2.67. The van der Waals surface area contributed by atoms with E-state index in [2.05, 4.69) is 5.32 Å². The Morgan fingerprint density at radius 1 is 1.07 bits per heavy atom. The highest BCUT2D eigenvalue weighted by atomic mass is 16.3. The Morgan fingerprint density at radius 2 is 1.73 bits per heavy atom. The van der Waals surface area contributed by atoms with Crippen LogP contribution in [0.15, 0.2) is 22.8 Å². The van der Waals surface area contributed by atoms with Gasteiger partial charge in [0.1, 0.15) is 11.2 Å². The standard InChI is InChI=1S/C24H33N3O3/c1-24(23(29)25-17-9-5-2-3-6-10-17)16-26-19-13-14-30-21(19)15-20(26)22(28)27(24)18-11-7-4-8-12-18/h13-15,17-18H,2-12,16H2,1H3,(H,25,29). The number of hydrogen-bond donors (Lipinski definition) is 1. The summed E-state index contributed by atoms with van der Waals surface area (Å²) in [5.74, 6) is -0.0256. The van der Waals surface area contributed by atoms with E-state index < -0.39 is 5.54 Å². The first-order valence-corrected chi connectivity index (χ1v) is 11.8. The monoisotopic (exact) mass is 411 g/mol. The van der Waals surface area contributed by atoms with Crippen LogP contribution < -0.4 is 5.32 Å². The van der Waals surface area contributed by atoms with Crippen molar-refractivity contribution >= 4 is 22.9 Å². The highest BCUT2D eigenvalue weighted by Crippen LogP contribution is 2.37. The summed E-state index contributed by atoms with van der Waals surface area (Å²) in [5.41, 5.74) is 1.38. The van der Waals surface area contributed by atoms with Gasteiger partial charge in [0.15, 0.2) is 5.58 Å². The van der Waals surface area contributed by atoms with Crippen LogP contribution in [0, 0.1) is 0 Å². The lowest BCUT2D eigenvalue weighted by atomic mass is 9.86. The minimum absolute atomic E-state index is 0.00400. The Hall–Kier alpha value is -2.24.